The molecule has 2 heterocycles. The second kappa shape index (κ2) is 15.7. The molecule has 2 fully saturated rings. The molecule has 0 saturated carbocycles. The third-order valence-electron chi connectivity index (χ3n) is 9.20. The van der Waals surface area contributed by atoms with Crippen LogP contribution in [-0.4, -0.2) is 56.1 Å². The Hall–Kier alpha value is -0.120. The fraction of sp³-hybridized carbons (Fsp3) is 1.00. The molecule has 0 aromatic heterocycles. The lowest BCUT2D eigenvalue weighted by molar-refractivity contribution is -0.0323. The van der Waals surface area contributed by atoms with Gasteiger partial charge in [-0.3, -0.25) is 0 Å². The lowest BCUT2D eigenvalue weighted by Crippen LogP contribution is -2.56. The molecule has 2 saturated heterocycles. The van der Waals surface area contributed by atoms with E-state index in [4.69, 9.17) is 5.73 Å². The van der Waals surface area contributed by atoms with Crippen LogP contribution in [0.25, 0.3) is 0 Å². The molecule has 2 aliphatic rings. The number of piperidine rings is 2. The minimum atomic E-state index is 0.385. The molecule has 0 aromatic rings. The molecule has 3 heteroatoms. The van der Waals surface area contributed by atoms with Crippen LogP contribution in [0.1, 0.15) is 123 Å². The van der Waals surface area contributed by atoms with E-state index in [1.54, 1.807) is 0 Å². The van der Waals surface area contributed by atoms with Crippen LogP contribution in [0.2, 0.25) is 0 Å². The number of nitrogens with two attached hydrogens (primary N) is 1. The van der Waals surface area contributed by atoms with E-state index < -0.39 is 0 Å². The smallest absolute Gasteiger partial charge is 0.0101 e. The lowest BCUT2D eigenvalue weighted by Gasteiger charge is -2.54. The fourth-order valence-corrected chi connectivity index (χ4v) is 7.18. The van der Waals surface area contributed by atoms with Gasteiger partial charge in [-0.2, -0.15) is 0 Å². The maximum Gasteiger partial charge on any atom is 0.0101 e. The summed E-state index contributed by atoms with van der Waals surface area (Å²) in [7, 11) is 4.61. The molecule has 2 rings (SSSR count). The van der Waals surface area contributed by atoms with Crippen molar-refractivity contribution in [3.05, 3.63) is 0 Å². The van der Waals surface area contributed by atoms with Crippen molar-refractivity contribution in [2.75, 3.05) is 40.3 Å². The Morgan fingerprint density at radius 3 is 1.47 bits per heavy atom. The third kappa shape index (κ3) is 8.58. The molecule has 0 aromatic carbocycles. The second-order valence-corrected chi connectivity index (χ2v) is 11.6. The van der Waals surface area contributed by atoms with Gasteiger partial charge in [0.25, 0.3) is 0 Å². The Labute approximate surface area is 202 Å². The topological polar surface area (TPSA) is 32.5 Å². The van der Waals surface area contributed by atoms with Crippen molar-refractivity contribution in [2.45, 2.75) is 129 Å². The molecule has 0 amide bonds. The van der Waals surface area contributed by atoms with Gasteiger partial charge in [-0.15, -0.1) is 0 Å². The zero-order chi connectivity index (χ0) is 23.2. The van der Waals surface area contributed by atoms with Gasteiger partial charge < -0.3 is 15.5 Å². The van der Waals surface area contributed by atoms with E-state index in [0.717, 1.165) is 11.8 Å². The molecule has 1 unspecified atom stereocenters. The van der Waals surface area contributed by atoms with Gasteiger partial charge in [0, 0.05) is 6.04 Å². The van der Waals surface area contributed by atoms with Crippen molar-refractivity contribution in [1.82, 2.24) is 9.80 Å². The summed E-state index contributed by atoms with van der Waals surface area (Å²) >= 11 is 0. The Bertz CT molecular complexity index is 427. The molecule has 190 valence electrons. The highest BCUT2D eigenvalue weighted by atomic mass is 15.1. The molecule has 32 heavy (non-hydrogen) atoms. The van der Waals surface area contributed by atoms with Crippen LogP contribution in [0.5, 0.6) is 0 Å². The van der Waals surface area contributed by atoms with Gasteiger partial charge in [0.1, 0.15) is 0 Å². The summed E-state index contributed by atoms with van der Waals surface area (Å²) in [6.07, 6.45) is 23.6. The molecule has 0 spiro atoms. The summed E-state index contributed by atoms with van der Waals surface area (Å²) < 4.78 is 0. The Morgan fingerprint density at radius 2 is 1.06 bits per heavy atom. The van der Waals surface area contributed by atoms with Crippen molar-refractivity contribution in [1.29, 1.82) is 0 Å². The minimum absolute atomic E-state index is 0.385. The highest BCUT2D eigenvalue weighted by molar-refractivity contribution is 5.01. The van der Waals surface area contributed by atoms with E-state index in [1.165, 1.54) is 135 Å². The molecule has 2 aliphatic heterocycles. The summed E-state index contributed by atoms with van der Waals surface area (Å²) in [5, 5.41) is 0. The first kappa shape index (κ1) is 28.1. The minimum Gasteiger partial charge on any atom is -0.327 e. The monoisotopic (exact) mass is 449 g/mol. The fourth-order valence-electron chi connectivity index (χ4n) is 7.18. The average molecular weight is 450 g/mol. The summed E-state index contributed by atoms with van der Waals surface area (Å²) in [6.45, 7) is 9.80. The number of likely N-dealkylation sites (tertiary alicyclic amines) is 2. The summed E-state index contributed by atoms with van der Waals surface area (Å²) in [5.41, 5.74) is 7.64. The maximum absolute atomic E-state index is 7.25. The van der Waals surface area contributed by atoms with Crippen LogP contribution in [0.4, 0.5) is 0 Å². The first-order valence-corrected chi connectivity index (χ1v) is 14.7. The molecule has 0 radical (unpaired) electrons. The quantitative estimate of drug-likeness (QED) is 0.255. The Balaban J connectivity index is 1.88. The predicted octanol–water partition coefficient (Wildman–Crippen LogP) is 7.09. The van der Waals surface area contributed by atoms with Gasteiger partial charge >= 0.3 is 0 Å². The van der Waals surface area contributed by atoms with Gasteiger partial charge in [-0.25, -0.2) is 0 Å². The number of hydrogen-bond donors (Lipinski definition) is 1. The SMILES string of the molecule is CCCCCCCCCCCCC(N)C(CCC)(C1CCN(C)CC1)C1CCN(C)CC1. The van der Waals surface area contributed by atoms with Crippen molar-refractivity contribution in [2.24, 2.45) is 23.0 Å². The van der Waals surface area contributed by atoms with Crippen LogP contribution in [0.3, 0.4) is 0 Å². The van der Waals surface area contributed by atoms with E-state index in [-0.39, 0.29) is 0 Å². The first-order chi connectivity index (χ1) is 15.5. The van der Waals surface area contributed by atoms with Crippen molar-refractivity contribution >= 4 is 0 Å². The zero-order valence-corrected chi connectivity index (χ0v) is 22.6. The molecule has 0 bridgehead atoms. The predicted molar refractivity (Wildman–Crippen MR) is 142 cm³/mol. The number of unbranched alkanes of at least 4 members (excludes halogenated alkanes) is 9. The van der Waals surface area contributed by atoms with Crippen LogP contribution >= 0.6 is 0 Å². The number of hydrogen-bond acceptors (Lipinski definition) is 3. The van der Waals surface area contributed by atoms with E-state index in [2.05, 4.69) is 37.7 Å². The maximum atomic E-state index is 7.25. The van der Waals surface area contributed by atoms with Gasteiger partial charge in [0.05, 0.1) is 0 Å². The molecule has 3 nitrogen and oxygen atoms in total. The Morgan fingerprint density at radius 1 is 0.656 bits per heavy atom. The van der Waals surface area contributed by atoms with Crippen LogP contribution < -0.4 is 5.73 Å². The first-order valence-electron chi connectivity index (χ1n) is 14.7. The second-order valence-electron chi connectivity index (χ2n) is 11.6. The van der Waals surface area contributed by atoms with E-state index >= 15 is 0 Å². The van der Waals surface area contributed by atoms with Gasteiger partial charge in [-0.05, 0) is 96.1 Å². The largest absolute Gasteiger partial charge is 0.327 e. The number of nitrogens with zero attached hydrogens (tertiary/aromatic N) is 2. The van der Waals surface area contributed by atoms with Gasteiger partial charge in [-0.1, -0.05) is 84.5 Å². The van der Waals surface area contributed by atoms with E-state index in [9.17, 15) is 0 Å². The Kier molecular flexibility index (Phi) is 13.8. The van der Waals surface area contributed by atoms with Crippen LogP contribution in [0, 0.1) is 17.3 Å². The highest BCUT2D eigenvalue weighted by Crippen LogP contribution is 2.51. The molecule has 2 N–H and O–H groups in total. The van der Waals surface area contributed by atoms with Crippen molar-refractivity contribution in [3.8, 4) is 0 Å². The van der Waals surface area contributed by atoms with Crippen LogP contribution in [-0.2, 0) is 0 Å². The molecule has 0 aliphatic carbocycles. The molecular weight excluding hydrogens is 390 g/mol. The summed E-state index contributed by atoms with van der Waals surface area (Å²) in [5.74, 6) is 1.68. The average Bonchev–Trinajstić information content (AvgIpc) is 2.80. The van der Waals surface area contributed by atoms with E-state index in [0.29, 0.717) is 11.5 Å². The summed E-state index contributed by atoms with van der Waals surface area (Å²) in [4.78, 5) is 5.07. The standard InChI is InChI=1S/C29H59N3/c1-5-7-8-9-10-11-12-13-14-15-16-28(30)29(21-6-2,26-17-22-31(3)23-18-26)27-19-24-32(4)25-20-27/h26-28H,5-25,30H2,1-4H3. The zero-order valence-electron chi connectivity index (χ0n) is 22.6. The number of rotatable bonds is 16. The normalized spacial score (nSPS) is 21.3. The van der Waals surface area contributed by atoms with Crippen LogP contribution in [0.15, 0.2) is 0 Å². The van der Waals surface area contributed by atoms with E-state index in [1.807, 2.05) is 0 Å². The third-order valence-corrected chi connectivity index (χ3v) is 9.20. The van der Waals surface area contributed by atoms with Crippen molar-refractivity contribution < 1.29 is 0 Å². The molecule has 1 atom stereocenters. The molecular formula is C29H59N3. The van der Waals surface area contributed by atoms with Gasteiger partial charge in [0.2, 0.25) is 0 Å². The van der Waals surface area contributed by atoms with Crippen molar-refractivity contribution in [3.63, 3.8) is 0 Å². The van der Waals surface area contributed by atoms with Gasteiger partial charge in [0.15, 0.2) is 0 Å². The summed E-state index contributed by atoms with van der Waals surface area (Å²) in [6, 6.07) is 0.401. The highest BCUT2D eigenvalue weighted by Gasteiger charge is 2.49. The lowest BCUT2D eigenvalue weighted by atomic mass is 9.55.